The highest BCUT2D eigenvalue weighted by Crippen LogP contribution is 2.27. The quantitative estimate of drug-likeness (QED) is 0.705. The fourth-order valence-electron chi connectivity index (χ4n) is 3.81. The lowest BCUT2D eigenvalue weighted by molar-refractivity contribution is -0.128. The monoisotopic (exact) mass is 406 g/mol. The molecular formula is C24H26N2O4. The molecule has 0 atom stereocenters. The molecular weight excluding hydrogens is 380 g/mol. The van der Waals surface area contributed by atoms with Gasteiger partial charge >= 0.3 is 5.97 Å². The standard InChI is InChI=1S/C24H26N2O4/c27-22-2-1-11-26(22)15-20-10-9-19(24(29)30)13-21(20)12-16-5-7-18(8-6-16)23(28)25-14-17-3-4-17/h5-10,13,17H,1-4,11-12,14-15H2,(H,25,28)(H,29,30). The summed E-state index contributed by atoms with van der Waals surface area (Å²) >= 11 is 0. The Labute approximate surface area is 175 Å². The number of carbonyl (C=O) groups excluding carboxylic acids is 2. The van der Waals surface area contributed by atoms with Crippen molar-refractivity contribution in [1.29, 1.82) is 0 Å². The smallest absolute Gasteiger partial charge is 0.335 e. The fourth-order valence-corrected chi connectivity index (χ4v) is 3.81. The van der Waals surface area contributed by atoms with Gasteiger partial charge in [0.1, 0.15) is 0 Å². The van der Waals surface area contributed by atoms with Crippen LogP contribution in [0.3, 0.4) is 0 Å². The third-order valence-corrected chi connectivity index (χ3v) is 5.84. The van der Waals surface area contributed by atoms with Crippen molar-refractivity contribution in [3.8, 4) is 0 Å². The van der Waals surface area contributed by atoms with E-state index in [0.29, 0.717) is 30.9 Å². The number of rotatable bonds is 8. The second-order valence-electron chi connectivity index (χ2n) is 8.23. The second-order valence-corrected chi connectivity index (χ2v) is 8.23. The normalized spacial score (nSPS) is 16.0. The number of aromatic carboxylic acids is 1. The molecule has 2 aliphatic rings. The highest BCUT2D eigenvalue weighted by atomic mass is 16.4. The van der Waals surface area contributed by atoms with Gasteiger partial charge in [0.05, 0.1) is 5.56 Å². The van der Waals surface area contributed by atoms with Crippen molar-refractivity contribution in [2.24, 2.45) is 5.92 Å². The van der Waals surface area contributed by atoms with Crippen molar-refractivity contribution in [3.63, 3.8) is 0 Å². The molecule has 0 radical (unpaired) electrons. The lowest BCUT2D eigenvalue weighted by atomic mass is 9.96. The Balaban J connectivity index is 1.50. The van der Waals surface area contributed by atoms with E-state index in [1.807, 2.05) is 35.2 Å². The van der Waals surface area contributed by atoms with Gasteiger partial charge in [-0.25, -0.2) is 4.79 Å². The van der Waals surface area contributed by atoms with Gasteiger partial charge in [-0.05, 0) is 72.6 Å². The van der Waals surface area contributed by atoms with Gasteiger partial charge in [0.2, 0.25) is 5.91 Å². The maximum absolute atomic E-state index is 12.2. The van der Waals surface area contributed by atoms with Gasteiger partial charge in [-0.1, -0.05) is 18.2 Å². The summed E-state index contributed by atoms with van der Waals surface area (Å²) in [6.07, 6.45) is 4.38. The summed E-state index contributed by atoms with van der Waals surface area (Å²) in [6, 6.07) is 12.5. The average Bonchev–Trinajstić information content (AvgIpc) is 3.49. The molecule has 0 bridgehead atoms. The molecule has 1 heterocycles. The van der Waals surface area contributed by atoms with Crippen LogP contribution >= 0.6 is 0 Å². The van der Waals surface area contributed by atoms with Crippen LogP contribution < -0.4 is 5.32 Å². The average molecular weight is 406 g/mol. The van der Waals surface area contributed by atoms with Crippen molar-refractivity contribution in [3.05, 3.63) is 70.3 Å². The molecule has 2 amide bonds. The number of hydrogen-bond acceptors (Lipinski definition) is 3. The molecule has 6 heteroatoms. The van der Waals surface area contributed by atoms with E-state index in [1.165, 1.54) is 12.8 Å². The number of hydrogen-bond donors (Lipinski definition) is 2. The third-order valence-electron chi connectivity index (χ3n) is 5.84. The van der Waals surface area contributed by atoms with Gasteiger partial charge in [0, 0.05) is 31.6 Å². The molecule has 156 valence electrons. The summed E-state index contributed by atoms with van der Waals surface area (Å²) in [5.74, 6) is -0.252. The summed E-state index contributed by atoms with van der Waals surface area (Å²) in [6.45, 7) is 1.97. The molecule has 1 saturated carbocycles. The Morgan fingerprint density at radius 3 is 2.40 bits per heavy atom. The van der Waals surface area contributed by atoms with Crippen molar-refractivity contribution in [2.45, 2.75) is 38.6 Å². The first kappa shape index (κ1) is 20.1. The number of benzene rings is 2. The fraction of sp³-hybridized carbons (Fsp3) is 0.375. The summed E-state index contributed by atoms with van der Waals surface area (Å²) in [5.41, 5.74) is 3.70. The molecule has 0 aromatic heterocycles. The van der Waals surface area contributed by atoms with Gasteiger partial charge in [-0.3, -0.25) is 9.59 Å². The minimum absolute atomic E-state index is 0.0606. The van der Waals surface area contributed by atoms with Crippen LogP contribution in [-0.4, -0.2) is 40.9 Å². The number of nitrogens with one attached hydrogen (secondary N) is 1. The van der Waals surface area contributed by atoms with Gasteiger partial charge in [0.15, 0.2) is 0 Å². The van der Waals surface area contributed by atoms with E-state index in [9.17, 15) is 19.5 Å². The molecule has 1 aliphatic carbocycles. The van der Waals surface area contributed by atoms with E-state index >= 15 is 0 Å². The lowest BCUT2D eigenvalue weighted by Crippen LogP contribution is -2.25. The van der Waals surface area contributed by atoms with Crippen molar-refractivity contribution >= 4 is 17.8 Å². The first-order valence-corrected chi connectivity index (χ1v) is 10.5. The Bertz CT molecular complexity index is 964. The summed E-state index contributed by atoms with van der Waals surface area (Å²) < 4.78 is 0. The maximum Gasteiger partial charge on any atom is 0.335 e. The first-order valence-electron chi connectivity index (χ1n) is 10.5. The van der Waals surface area contributed by atoms with E-state index in [-0.39, 0.29) is 17.4 Å². The molecule has 2 N–H and O–H groups in total. The predicted molar refractivity (Wildman–Crippen MR) is 112 cm³/mol. The summed E-state index contributed by atoms with van der Waals surface area (Å²) in [7, 11) is 0. The Morgan fingerprint density at radius 1 is 1.03 bits per heavy atom. The molecule has 2 aromatic rings. The van der Waals surface area contributed by atoms with Crippen LogP contribution in [-0.2, 0) is 17.8 Å². The Hall–Kier alpha value is -3.15. The van der Waals surface area contributed by atoms with Crippen LogP contribution in [0.4, 0.5) is 0 Å². The van der Waals surface area contributed by atoms with E-state index < -0.39 is 5.97 Å². The van der Waals surface area contributed by atoms with Crippen LogP contribution in [0, 0.1) is 5.92 Å². The number of amides is 2. The number of nitrogens with zero attached hydrogens (tertiary/aromatic N) is 1. The van der Waals surface area contributed by atoms with Crippen molar-refractivity contribution < 1.29 is 19.5 Å². The highest BCUT2D eigenvalue weighted by Gasteiger charge is 2.23. The first-order chi connectivity index (χ1) is 14.5. The number of carboxylic acid groups (broad SMARTS) is 1. The minimum atomic E-state index is -0.970. The predicted octanol–water partition coefficient (Wildman–Crippen LogP) is 3.24. The second kappa shape index (κ2) is 8.69. The van der Waals surface area contributed by atoms with E-state index in [0.717, 1.165) is 36.2 Å². The zero-order valence-electron chi connectivity index (χ0n) is 16.9. The molecule has 0 spiro atoms. The van der Waals surface area contributed by atoms with Crippen molar-refractivity contribution in [1.82, 2.24) is 10.2 Å². The van der Waals surface area contributed by atoms with Crippen LogP contribution in [0.2, 0.25) is 0 Å². The summed E-state index contributed by atoms with van der Waals surface area (Å²) in [5, 5.41) is 12.3. The molecule has 2 aromatic carbocycles. The van der Waals surface area contributed by atoms with Gasteiger partial charge in [-0.2, -0.15) is 0 Å². The van der Waals surface area contributed by atoms with E-state index in [4.69, 9.17) is 0 Å². The Kier molecular flexibility index (Phi) is 5.84. The molecule has 1 aliphatic heterocycles. The zero-order chi connectivity index (χ0) is 21.1. The highest BCUT2D eigenvalue weighted by molar-refractivity contribution is 5.94. The largest absolute Gasteiger partial charge is 0.478 e. The SMILES string of the molecule is O=C(O)c1ccc(CN2CCCC2=O)c(Cc2ccc(C(=O)NCC3CC3)cc2)c1. The molecule has 30 heavy (non-hydrogen) atoms. The molecule has 2 fully saturated rings. The molecule has 4 rings (SSSR count). The number of carboxylic acids is 1. The van der Waals surface area contributed by atoms with Crippen molar-refractivity contribution in [2.75, 3.05) is 13.1 Å². The van der Waals surface area contributed by atoms with Crippen LogP contribution in [0.15, 0.2) is 42.5 Å². The van der Waals surface area contributed by atoms with Crippen LogP contribution in [0.25, 0.3) is 0 Å². The molecule has 1 saturated heterocycles. The number of carbonyl (C=O) groups is 3. The van der Waals surface area contributed by atoms with Gasteiger partial charge in [0.25, 0.3) is 5.91 Å². The number of likely N-dealkylation sites (tertiary alicyclic amines) is 1. The topological polar surface area (TPSA) is 86.7 Å². The van der Waals surface area contributed by atoms with Crippen LogP contribution in [0.1, 0.15) is 63.1 Å². The van der Waals surface area contributed by atoms with Gasteiger partial charge < -0.3 is 15.3 Å². The third kappa shape index (κ3) is 4.87. The summed E-state index contributed by atoms with van der Waals surface area (Å²) in [4.78, 5) is 37.5. The van der Waals surface area contributed by atoms with Crippen LogP contribution in [0.5, 0.6) is 0 Å². The molecule has 0 unspecified atom stereocenters. The van der Waals surface area contributed by atoms with E-state index in [1.54, 1.807) is 12.1 Å². The lowest BCUT2D eigenvalue weighted by Gasteiger charge is -2.19. The zero-order valence-corrected chi connectivity index (χ0v) is 16.9. The maximum atomic E-state index is 12.2. The molecule has 6 nitrogen and oxygen atoms in total. The minimum Gasteiger partial charge on any atom is -0.478 e. The Morgan fingerprint density at radius 2 is 1.77 bits per heavy atom. The van der Waals surface area contributed by atoms with Gasteiger partial charge in [-0.15, -0.1) is 0 Å². The van der Waals surface area contributed by atoms with E-state index in [2.05, 4.69) is 5.32 Å².